The Hall–Kier alpha value is -3.64. The number of halogens is 1. The molecule has 0 heterocycles. The number of nitrogens with one attached hydrogen (secondary N) is 1. The average Bonchev–Trinajstić information content (AvgIpc) is 3.10. The van der Waals surface area contributed by atoms with Gasteiger partial charge in [-0.15, -0.1) is 18.9 Å². The highest BCUT2D eigenvalue weighted by molar-refractivity contribution is 6.06. The molecule has 2 nitrogen and oxygen atoms in total. The van der Waals surface area contributed by atoms with Gasteiger partial charge in [0.15, 0.2) is 0 Å². The average molecular weight is 673 g/mol. The summed E-state index contributed by atoms with van der Waals surface area (Å²) in [5.41, 5.74) is 10.7. The van der Waals surface area contributed by atoms with E-state index in [9.17, 15) is 4.39 Å². The summed E-state index contributed by atoms with van der Waals surface area (Å²) in [5, 5.41) is 3.48. The lowest BCUT2D eigenvalue weighted by molar-refractivity contribution is 0.453. The second kappa shape index (κ2) is 31.6. The Kier molecular flexibility index (Phi) is 32.1. The quantitative estimate of drug-likeness (QED) is 0.0804. The predicted molar refractivity (Wildman–Crippen MR) is 225 cm³/mol. The van der Waals surface area contributed by atoms with Crippen molar-refractivity contribution in [1.29, 1.82) is 0 Å². The molecule has 0 radical (unpaired) electrons. The van der Waals surface area contributed by atoms with Crippen LogP contribution in [0.5, 0.6) is 0 Å². The number of hydrogen-bond donors (Lipinski definition) is 1. The van der Waals surface area contributed by atoms with Crippen molar-refractivity contribution < 1.29 is 4.39 Å². The van der Waals surface area contributed by atoms with E-state index >= 15 is 0 Å². The van der Waals surface area contributed by atoms with E-state index in [1.54, 1.807) is 0 Å². The van der Waals surface area contributed by atoms with Crippen molar-refractivity contribution in [3.05, 3.63) is 107 Å². The molecule has 0 saturated carbocycles. The van der Waals surface area contributed by atoms with Crippen LogP contribution in [0.3, 0.4) is 0 Å². The van der Waals surface area contributed by atoms with Crippen molar-refractivity contribution in [3.63, 3.8) is 0 Å². The summed E-state index contributed by atoms with van der Waals surface area (Å²) in [5.74, 6) is 2.63. The Morgan fingerprint density at radius 1 is 0.959 bits per heavy atom. The third-order valence-electron chi connectivity index (χ3n) is 7.62. The fourth-order valence-corrected chi connectivity index (χ4v) is 3.92. The van der Waals surface area contributed by atoms with Crippen molar-refractivity contribution >= 4 is 17.0 Å². The summed E-state index contributed by atoms with van der Waals surface area (Å²) < 4.78 is 13.6. The van der Waals surface area contributed by atoms with E-state index in [1.165, 1.54) is 54.9 Å². The maximum absolute atomic E-state index is 13.6. The van der Waals surface area contributed by atoms with Gasteiger partial charge in [0, 0.05) is 17.3 Å². The van der Waals surface area contributed by atoms with Crippen LogP contribution in [0.15, 0.2) is 101 Å². The van der Waals surface area contributed by atoms with E-state index in [2.05, 4.69) is 94.9 Å². The Bertz CT molecular complexity index is 1290. The van der Waals surface area contributed by atoms with Gasteiger partial charge >= 0.3 is 0 Å². The molecule has 2 atom stereocenters. The van der Waals surface area contributed by atoms with Crippen molar-refractivity contribution in [2.45, 2.75) is 141 Å². The number of alkyl halides is 1. The molecule has 274 valence electrons. The minimum Gasteiger partial charge on any atom is -0.355 e. The zero-order valence-corrected chi connectivity index (χ0v) is 34.0. The minimum absolute atomic E-state index is 0.0350. The van der Waals surface area contributed by atoms with Crippen LogP contribution in [0, 0.1) is 18.3 Å². The minimum atomic E-state index is -1.08. The first kappa shape index (κ1) is 49.7. The Labute approximate surface area is 304 Å². The van der Waals surface area contributed by atoms with Gasteiger partial charge in [-0.3, -0.25) is 4.99 Å². The lowest BCUT2D eigenvalue weighted by atomic mass is 9.95. The van der Waals surface area contributed by atoms with Gasteiger partial charge in [0.05, 0.1) is 12.3 Å². The number of allylic oxidation sites excluding steroid dienone is 10. The SMILES string of the molecule is C#CC(C)CN=C(C(=C\C)/C(C)=C/C)C(C)F.C=C(C)/C(=C\C=C/C)Nc1ccc(C(=C)CCCC)c(CC)c1.C=C(C)CC.CCCC. The summed E-state index contributed by atoms with van der Waals surface area (Å²) >= 11 is 0. The third kappa shape index (κ3) is 24.2. The predicted octanol–water partition coefficient (Wildman–Crippen LogP) is 14.6. The number of aliphatic imine (C=N–C) groups is 1. The van der Waals surface area contributed by atoms with E-state index in [1.807, 2.05) is 72.8 Å². The number of nitrogens with zero attached hydrogens (tertiary/aromatic N) is 1. The van der Waals surface area contributed by atoms with E-state index in [-0.39, 0.29) is 5.92 Å². The fourth-order valence-electron chi connectivity index (χ4n) is 3.92. The smallest absolute Gasteiger partial charge is 0.139 e. The highest BCUT2D eigenvalue weighted by Crippen LogP contribution is 2.27. The molecular formula is C46H73FN2. The highest BCUT2D eigenvalue weighted by atomic mass is 19.1. The third-order valence-corrected chi connectivity index (χ3v) is 7.62. The van der Waals surface area contributed by atoms with E-state index in [0.29, 0.717) is 12.3 Å². The summed E-state index contributed by atoms with van der Waals surface area (Å²) in [6, 6.07) is 6.57. The molecule has 3 heteroatoms. The van der Waals surface area contributed by atoms with Gasteiger partial charge in [-0.05, 0) is 133 Å². The van der Waals surface area contributed by atoms with Gasteiger partial charge in [0.25, 0.3) is 0 Å². The Morgan fingerprint density at radius 2 is 1.55 bits per heavy atom. The number of unbranched alkanes of at least 4 members (excludes halogenated alkanes) is 2. The van der Waals surface area contributed by atoms with Crippen LogP contribution in [-0.2, 0) is 6.42 Å². The van der Waals surface area contributed by atoms with Crippen LogP contribution in [0.2, 0.25) is 0 Å². The van der Waals surface area contributed by atoms with E-state index in [0.717, 1.165) is 47.4 Å². The van der Waals surface area contributed by atoms with Crippen LogP contribution in [-0.4, -0.2) is 18.4 Å². The molecule has 0 fully saturated rings. The summed E-state index contributed by atoms with van der Waals surface area (Å²) in [4.78, 5) is 4.32. The van der Waals surface area contributed by atoms with Crippen molar-refractivity contribution in [1.82, 2.24) is 0 Å². The maximum atomic E-state index is 13.6. The van der Waals surface area contributed by atoms with Crippen molar-refractivity contribution in [3.8, 4) is 12.3 Å². The molecule has 49 heavy (non-hydrogen) atoms. The van der Waals surface area contributed by atoms with Gasteiger partial charge < -0.3 is 5.32 Å². The van der Waals surface area contributed by atoms with Crippen molar-refractivity contribution in [2.75, 3.05) is 11.9 Å². The number of aryl methyl sites for hydroxylation is 1. The molecule has 1 aromatic rings. The molecule has 0 aliphatic rings. The number of hydrogen-bond acceptors (Lipinski definition) is 2. The van der Waals surface area contributed by atoms with Crippen LogP contribution >= 0.6 is 0 Å². The molecule has 2 unspecified atom stereocenters. The summed E-state index contributed by atoms with van der Waals surface area (Å²) in [7, 11) is 0. The standard InChI is InChI=1S/C22H31N.C15H22FN.C5H10.C4H10/c1-7-10-12-18(6)21-15-14-20(16-19(21)9-3)23-22(17(4)5)13-11-8-2;1-7-11(4)10-17-15(13(6)16)14(9-3)12(5)8-2;1-4-5(2)3;1-3-4-2/h8,11,13-16,23H,4,6-7,9-10,12H2,1-3,5H3;1,8-9,11,13H,10H2,2-6H3;2,4H2,1,3H3;3-4H2,1-2H3/b11-8-,22-13+;12-8+,14-9-,17-15?;;. The van der Waals surface area contributed by atoms with Gasteiger partial charge in [0.1, 0.15) is 6.17 Å². The van der Waals surface area contributed by atoms with Crippen LogP contribution in [0.25, 0.3) is 5.57 Å². The zero-order valence-electron chi connectivity index (χ0n) is 34.0. The first-order valence-electron chi connectivity index (χ1n) is 18.3. The number of rotatable bonds is 16. The van der Waals surface area contributed by atoms with Gasteiger partial charge in [-0.1, -0.05) is 103 Å². The molecule has 0 aliphatic carbocycles. The number of terminal acetylenes is 1. The second-order valence-electron chi connectivity index (χ2n) is 12.3. The molecule has 0 aliphatic heterocycles. The van der Waals surface area contributed by atoms with Crippen LogP contribution in [0.1, 0.15) is 140 Å². The molecule has 1 rings (SSSR count). The normalized spacial score (nSPS) is 13.0. The van der Waals surface area contributed by atoms with Crippen LogP contribution in [0.4, 0.5) is 10.1 Å². The topological polar surface area (TPSA) is 24.4 Å². The van der Waals surface area contributed by atoms with E-state index in [4.69, 9.17) is 6.42 Å². The lowest BCUT2D eigenvalue weighted by Crippen LogP contribution is -2.17. The fraction of sp³-hybridized carbons (Fsp3) is 0.500. The summed E-state index contributed by atoms with van der Waals surface area (Å²) in [6.07, 6.45) is 22.4. The Morgan fingerprint density at radius 3 is 1.94 bits per heavy atom. The van der Waals surface area contributed by atoms with Crippen LogP contribution < -0.4 is 5.32 Å². The zero-order chi connectivity index (χ0) is 38.4. The van der Waals surface area contributed by atoms with Gasteiger partial charge in [0.2, 0.25) is 0 Å². The summed E-state index contributed by atoms with van der Waals surface area (Å²) in [6.45, 7) is 38.6. The first-order chi connectivity index (χ1) is 23.2. The highest BCUT2D eigenvalue weighted by Gasteiger charge is 2.15. The number of benzene rings is 1. The second-order valence-corrected chi connectivity index (χ2v) is 12.3. The molecule has 0 amide bonds. The van der Waals surface area contributed by atoms with Gasteiger partial charge in [-0.25, -0.2) is 4.39 Å². The molecule has 0 aromatic heterocycles. The Balaban J connectivity index is -0.000000709. The molecule has 0 bridgehead atoms. The lowest BCUT2D eigenvalue weighted by Gasteiger charge is -2.15. The van der Waals surface area contributed by atoms with Gasteiger partial charge in [-0.2, -0.15) is 0 Å². The van der Waals surface area contributed by atoms with E-state index < -0.39 is 6.17 Å². The molecule has 1 N–H and O–H groups in total. The largest absolute Gasteiger partial charge is 0.355 e. The molecule has 0 spiro atoms. The molecular weight excluding hydrogens is 600 g/mol. The number of anilines is 1. The maximum Gasteiger partial charge on any atom is 0.139 e. The molecule has 1 aromatic carbocycles. The van der Waals surface area contributed by atoms with Crippen molar-refractivity contribution in [2.24, 2.45) is 10.9 Å². The molecule has 0 saturated heterocycles. The monoisotopic (exact) mass is 673 g/mol. The first-order valence-corrected chi connectivity index (χ1v) is 18.3.